The molecule has 0 bridgehead atoms. The van der Waals surface area contributed by atoms with Gasteiger partial charge in [0, 0.05) is 0 Å². The van der Waals surface area contributed by atoms with Crippen LogP contribution in [-0.2, 0) is 13.1 Å². The maximum absolute atomic E-state index is 4.86. The summed E-state index contributed by atoms with van der Waals surface area (Å²) in [6.45, 7) is 15.0. The Morgan fingerprint density at radius 2 is 1.06 bits per heavy atom. The summed E-state index contributed by atoms with van der Waals surface area (Å²) in [7, 11) is 0. The van der Waals surface area contributed by atoms with Crippen molar-refractivity contribution < 1.29 is 0 Å². The van der Waals surface area contributed by atoms with E-state index in [1.54, 1.807) is 3.59 Å². The van der Waals surface area contributed by atoms with Gasteiger partial charge in [0.15, 0.2) is 0 Å². The van der Waals surface area contributed by atoms with Gasteiger partial charge in [-0.1, -0.05) is 0 Å². The van der Waals surface area contributed by atoms with Gasteiger partial charge in [-0.25, -0.2) is 0 Å². The van der Waals surface area contributed by atoms with E-state index in [0.29, 0.717) is 0 Å². The SMILES string of the molecule is C=[C](CN(Cc1ccccc1)Cc1ccccc1)[Sn]([CH2]CCC)([CH2]CCC)[CH2]CCC. The molecule has 0 saturated heterocycles. The van der Waals surface area contributed by atoms with E-state index in [1.807, 2.05) is 0 Å². The van der Waals surface area contributed by atoms with Crippen LogP contribution in [0.5, 0.6) is 0 Å². The van der Waals surface area contributed by atoms with Crippen LogP contribution in [0.4, 0.5) is 0 Å². The Balaban J connectivity index is 2.24. The van der Waals surface area contributed by atoms with E-state index in [1.165, 1.54) is 63.0 Å². The standard InChI is InChI=1S/C17H18N.3C4H9.Sn/c1-2-13-18(14-16-9-5-3-6-10-16)15-17-11-7-4-8-12-17;3*1-3-4-2;/h3-12H,1,13-15H2;3*1,3-4H2,2H3;. The van der Waals surface area contributed by atoms with Crippen molar-refractivity contribution >= 4 is 18.4 Å². The molecule has 0 unspecified atom stereocenters. The number of nitrogens with zero attached hydrogens (tertiary/aromatic N) is 1. The molecule has 0 radical (unpaired) electrons. The minimum absolute atomic E-state index is 1.01. The van der Waals surface area contributed by atoms with Gasteiger partial charge >= 0.3 is 197 Å². The molecule has 2 rings (SSSR count). The fourth-order valence-corrected chi connectivity index (χ4v) is 20.3. The van der Waals surface area contributed by atoms with Crippen LogP contribution in [0, 0.1) is 0 Å². The number of unbranched alkanes of at least 4 members (excludes halogenated alkanes) is 3. The summed E-state index contributed by atoms with van der Waals surface area (Å²) in [6.07, 6.45) is 8.17. The summed E-state index contributed by atoms with van der Waals surface area (Å²) in [4.78, 5) is 2.66. The van der Waals surface area contributed by atoms with Crippen molar-refractivity contribution in [2.75, 3.05) is 6.54 Å². The zero-order valence-electron chi connectivity index (χ0n) is 20.4. The second-order valence-corrected chi connectivity index (χ2v) is 22.9. The molecule has 31 heavy (non-hydrogen) atoms. The molecule has 170 valence electrons. The molecule has 0 aromatic heterocycles. The van der Waals surface area contributed by atoms with Crippen LogP contribution in [0.25, 0.3) is 0 Å². The van der Waals surface area contributed by atoms with Crippen molar-refractivity contribution in [3.05, 3.63) is 82.0 Å². The van der Waals surface area contributed by atoms with Gasteiger partial charge in [-0.2, -0.15) is 0 Å². The molecule has 0 heterocycles. The quantitative estimate of drug-likeness (QED) is 0.198. The fraction of sp³-hybridized carbons (Fsp3) is 0.517. The molecule has 1 nitrogen and oxygen atoms in total. The van der Waals surface area contributed by atoms with E-state index in [0.717, 1.165) is 19.6 Å². The molecule has 0 amide bonds. The summed E-state index contributed by atoms with van der Waals surface area (Å²) in [6, 6.07) is 22.0. The van der Waals surface area contributed by atoms with Crippen molar-refractivity contribution in [3.63, 3.8) is 0 Å². The van der Waals surface area contributed by atoms with Gasteiger partial charge in [-0.05, 0) is 0 Å². The molecule has 0 N–H and O–H groups in total. The zero-order valence-corrected chi connectivity index (χ0v) is 23.3. The number of benzene rings is 2. The summed E-state index contributed by atoms with van der Waals surface area (Å²) < 4.78 is 6.20. The third-order valence-corrected chi connectivity index (χ3v) is 22.6. The first kappa shape index (κ1) is 26.2. The maximum atomic E-state index is 4.86. The van der Waals surface area contributed by atoms with Crippen LogP contribution in [-0.4, -0.2) is 29.8 Å². The average molecular weight is 526 g/mol. The topological polar surface area (TPSA) is 3.24 Å². The van der Waals surface area contributed by atoms with Gasteiger partial charge in [-0.3, -0.25) is 0 Å². The molecule has 0 atom stereocenters. The van der Waals surface area contributed by atoms with Gasteiger partial charge in [0.2, 0.25) is 0 Å². The molecule has 0 saturated carbocycles. The van der Waals surface area contributed by atoms with Crippen molar-refractivity contribution in [1.82, 2.24) is 4.90 Å². The van der Waals surface area contributed by atoms with Gasteiger partial charge in [0.05, 0.1) is 0 Å². The Labute approximate surface area is 196 Å². The Morgan fingerprint density at radius 1 is 0.677 bits per heavy atom. The molecule has 0 aliphatic heterocycles. The second-order valence-electron chi connectivity index (χ2n) is 9.31. The number of rotatable bonds is 16. The average Bonchev–Trinajstić information content (AvgIpc) is 2.80. The Hall–Kier alpha value is -1.06. The van der Waals surface area contributed by atoms with Gasteiger partial charge < -0.3 is 0 Å². The fourth-order valence-electron chi connectivity index (χ4n) is 4.74. The van der Waals surface area contributed by atoms with Crippen molar-refractivity contribution in [2.24, 2.45) is 0 Å². The predicted molar refractivity (Wildman–Crippen MR) is 141 cm³/mol. The normalized spacial score (nSPS) is 11.7. The number of hydrogen-bond donors (Lipinski definition) is 0. The van der Waals surface area contributed by atoms with E-state index in [-0.39, 0.29) is 0 Å². The summed E-state index contributed by atoms with van der Waals surface area (Å²) in [5.41, 5.74) is 2.81. The van der Waals surface area contributed by atoms with E-state index >= 15 is 0 Å². The number of hydrogen-bond acceptors (Lipinski definition) is 1. The molecule has 0 aliphatic carbocycles. The van der Waals surface area contributed by atoms with Crippen LogP contribution in [0.2, 0.25) is 13.3 Å². The molecule has 0 spiro atoms. The Bertz CT molecular complexity index is 662. The molecule has 2 aromatic rings. The van der Waals surface area contributed by atoms with E-state index in [4.69, 9.17) is 6.58 Å². The van der Waals surface area contributed by atoms with Crippen molar-refractivity contribution in [1.29, 1.82) is 0 Å². The molecule has 2 heteroatoms. The summed E-state index contributed by atoms with van der Waals surface area (Å²) >= 11 is -2.41. The monoisotopic (exact) mass is 527 g/mol. The summed E-state index contributed by atoms with van der Waals surface area (Å²) in [5, 5.41) is 0. The third kappa shape index (κ3) is 9.14. The first-order valence-electron chi connectivity index (χ1n) is 12.6. The van der Waals surface area contributed by atoms with E-state index in [2.05, 4.69) is 86.3 Å². The van der Waals surface area contributed by atoms with Gasteiger partial charge in [0.25, 0.3) is 0 Å². The minimum atomic E-state index is -2.41. The van der Waals surface area contributed by atoms with E-state index < -0.39 is 18.4 Å². The van der Waals surface area contributed by atoms with Gasteiger partial charge in [-0.15, -0.1) is 0 Å². The molecular weight excluding hydrogens is 481 g/mol. The third-order valence-electron chi connectivity index (χ3n) is 6.69. The van der Waals surface area contributed by atoms with Crippen LogP contribution >= 0.6 is 0 Å². The van der Waals surface area contributed by atoms with Crippen LogP contribution in [0.1, 0.15) is 70.4 Å². The van der Waals surface area contributed by atoms with Crippen LogP contribution in [0.15, 0.2) is 70.8 Å². The van der Waals surface area contributed by atoms with Crippen LogP contribution in [0.3, 0.4) is 0 Å². The van der Waals surface area contributed by atoms with Gasteiger partial charge in [0.1, 0.15) is 0 Å². The van der Waals surface area contributed by atoms with Crippen molar-refractivity contribution in [2.45, 2.75) is 85.7 Å². The molecule has 0 aliphatic rings. The predicted octanol–water partition coefficient (Wildman–Crippen LogP) is 8.63. The molecular formula is C29H45NSn. The Kier molecular flexibility index (Phi) is 12.6. The van der Waals surface area contributed by atoms with E-state index in [9.17, 15) is 0 Å². The van der Waals surface area contributed by atoms with Crippen molar-refractivity contribution in [3.8, 4) is 0 Å². The zero-order chi connectivity index (χ0) is 22.4. The van der Waals surface area contributed by atoms with Crippen LogP contribution < -0.4 is 0 Å². The first-order valence-corrected chi connectivity index (χ1v) is 20.1. The Morgan fingerprint density at radius 3 is 1.42 bits per heavy atom. The summed E-state index contributed by atoms with van der Waals surface area (Å²) in [5.74, 6) is 0. The molecule has 0 fully saturated rings. The first-order chi connectivity index (χ1) is 15.1. The molecule has 2 aromatic carbocycles. The second kappa shape index (κ2) is 14.9.